The third kappa shape index (κ3) is 6.26. The number of carbonyl (C=O) groups excluding carboxylic acids is 2. The second-order valence-corrected chi connectivity index (χ2v) is 7.42. The van der Waals surface area contributed by atoms with E-state index in [0.29, 0.717) is 13.0 Å². The molecule has 6 heteroatoms. The highest BCUT2D eigenvalue weighted by molar-refractivity contribution is 8.00. The highest BCUT2D eigenvalue weighted by atomic mass is 32.2. The van der Waals surface area contributed by atoms with Crippen LogP contribution in [0.5, 0.6) is 5.75 Å². The van der Waals surface area contributed by atoms with Crippen LogP contribution in [0.1, 0.15) is 5.56 Å². The number of benzene rings is 3. The standard InChI is InChI=1S/C23H23NO4S/c1-27-21-9-5-4-7-18(21)12-13-24-22(25)15-28-23(26)16-29-20-11-10-17-6-2-3-8-19(17)14-20/h2-11,14H,12-13,15-16H2,1H3,(H,24,25). The number of ether oxygens (including phenoxy) is 2. The van der Waals surface area contributed by atoms with Crippen LogP contribution in [-0.4, -0.2) is 37.9 Å². The summed E-state index contributed by atoms with van der Waals surface area (Å²) in [6.07, 6.45) is 0.640. The molecule has 0 radical (unpaired) electrons. The number of thioether (sulfide) groups is 1. The Hall–Kier alpha value is -2.99. The van der Waals surface area contributed by atoms with E-state index in [-0.39, 0.29) is 18.3 Å². The largest absolute Gasteiger partial charge is 0.496 e. The fourth-order valence-corrected chi connectivity index (χ4v) is 3.63. The minimum absolute atomic E-state index is 0.160. The molecule has 0 bridgehead atoms. The number of hydrogen-bond donors (Lipinski definition) is 1. The lowest BCUT2D eigenvalue weighted by Crippen LogP contribution is -2.30. The summed E-state index contributed by atoms with van der Waals surface area (Å²) in [5.41, 5.74) is 1.01. The number of rotatable bonds is 9. The molecule has 0 saturated carbocycles. The molecule has 3 rings (SSSR count). The molecule has 0 spiro atoms. The van der Waals surface area contributed by atoms with Gasteiger partial charge in [-0.05, 0) is 41.0 Å². The quantitative estimate of drug-likeness (QED) is 0.430. The first-order valence-electron chi connectivity index (χ1n) is 9.31. The van der Waals surface area contributed by atoms with Crippen LogP contribution in [0.25, 0.3) is 10.8 Å². The summed E-state index contributed by atoms with van der Waals surface area (Å²) in [5, 5.41) is 5.04. The van der Waals surface area contributed by atoms with Gasteiger partial charge in [0.15, 0.2) is 6.61 Å². The molecule has 1 N–H and O–H groups in total. The van der Waals surface area contributed by atoms with Crippen molar-refractivity contribution in [2.45, 2.75) is 11.3 Å². The molecule has 5 nitrogen and oxygen atoms in total. The zero-order chi connectivity index (χ0) is 20.5. The summed E-state index contributed by atoms with van der Waals surface area (Å²) in [7, 11) is 1.62. The van der Waals surface area contributed by atoms with E-state index < -0.39 is 5.97 Å². The predicted octanol–water partition coefficient (Wildman–Crippen LogP) is 3.84. The van der Waals surface area contributed by atoms with Crippen LogP contribution in [-0.2, 0) is 20.7 Å². The van der Waals surface area contributed by atoms with Gasteiger partial charge in [0, 0.05) is 11.4 Å². The molecular formula is C23H23NO4S. The molecule has 0 aliphatic carbocycles. The van der Waals surface area contributed by atoms with Crippen molar-refractivity contribution in [3.63, 3.8) is 0 Å². The SMILES string of the molecule is COc1ccccc1CCNC(=O)COC(=O)CSc1ccc2ccccc2c1. The zero-order valence-electron chi connectivity index (χ0n) is 16.2. The minimum atomic E-state index is -0.414. The Morgan fingerprint density at radius 3 is 2.55 bits per heavy atom. The van der Waals surface area contributed by atoms with E-state index in [4.69, 9.17) is 9.47 Å². The summed E-state index contributed by atoms with van der Waals surface area (Å²) in [6.45, 7) is 0.172. The lowest BCUT2D eigenvalue weighted by atomic mass is 10.1. The van der Waals surface area contributed by atoms with Gasteiger partial charge in [0.2, 0.25) is 0 Å². The van der Waals surface area contributed by atoms with Crippen LogP contribution in [0, 0.1) is 0 Å². The van der Waals surface area contributed by atoms with Crippen molar-refractivity contribution in [3.05, 3.63) is 72.3 Å². The molecule has 0 aromatic heterocycles. The van der Waals surface area contributed by atoms with E-state index in [9.17, 15) is 9.59 Å². The Morgan fingerprint density at radius 1 is 0.966 bits per heavy atom. The molecule has 0 fully saturated rings. The molecule has 3 aromatic carbocycles. The molecule has 150 valence electrons. The van der Waals surface area contributed by atoms with Crippen LogP contribution >= 0.6 is 11.8 Å². The van der Waals surface area contributed by atoms with Gasteiger partial charge in [-0.25, -0.2) is 0 Å². The van der Waals surface area contributed by atoms with Gasteiger partial charge < -0.3 is 14.8 Å². The fraction of sp³-hybridized carbons (Fsp3) is 0.217. The van der Waals surface area contributed by atoms with E-state index in [1.54, 1.807) is 7.11 Å². The third-order valence-electron chi connectivity index (χ3n) is 4.35. The van der Waals surface area contributed by atoms with E-state index in [1.165, 1.54) is 11.8 Å². The molecule has 29 heavy (non-hydrogen) atoms. The number of methoxy groups -OCH3 is 1. The van der Waals surface area contributed by atoms with Crippen molar-refractivity contribution in [1.29, 1.82) is 0 Å². The number of amides is 1. The third-order valence-corrected chi connectivity index (χ3v) is 5.32. The van der Waals surface area contributed by atoms with Crippen LogP contribution in [0.2, 0.25) is 0 Å². The van der Waals surface area contributed by atoms with Crippen LogP contribution in [0.15, 0.2) is 71.6 Å². The molecule has 0 aliphatic heterocycles. The van der Waals surface area contributed by atoms with Gasteiger partial charge in [-0.3, -0.25) is 9.59 Å². The highest BCUT2D eigenvalue weighted by Crippen LogP contribution is 2.23. The molecule has 0 heterocycles. The van der Waals surface area contributed by atoms with Crippen LogP contribution < -0.4 is 10.1 Å². The summed E-state index contributed by atoms with van der Waals surface area (Å²) in [4.78, 5) is 24.8. The number of para-hydroxylation sites is 1. The van der Waals surface area contributed by atoms with E-state index in [2.05, 4.69) is 5.32 Å². The van der Waals surface area contributed by atoms with Crippen molar-refractivity contribution in [2.24, 2.45) is 0 Å². The number of esters is 1. The summed E-state index contributed by atoms with van der Waals surface area (Å²) < 4.78 is 10.3. The second kappa shape index (κ2) is 10.5. The van der Waals surface area contributed by atoms with Gasteiger partial charge in [-0.15, -0.1) is 11.8 Å². The van der Waals surface area contributed by atoms with E-state index in [1.807, 2.05) is 66.7 Å². The van der Waals surface area contributed by atoms with Gasteiger partial charge in [0.1, 0.15) is 5.75 Å². The molecule has 3 aromatic rings. The Bertz CT molecular complexity index is 989. The van der Waals surface area contributed by atoms with Gasteiger partial charge >= 0.3 is 5.97 Å². The van der Waals surface area contributed by atoms with Crippen molar-refractivity contribution in [1.82, 2.24) is 5.32 Å². The average molecular weight is 410 g/mol. The van der Waals surface area contributed by atoms with Crippen molar-refractivity contribution < 1.29 is 19.1 Å². The van der Waals surface area contributed by atoms with E-state index >= 15 is 0 Å². The maximum Gasteiger partial charge on any atom is 0.316 e. The van der Waals surface area contributed by atoms with Gasteiger partial charge in [0.05, 0.1) is 12.9 Å². The minimum Gasteiger partial charge on any atom is -0.496 e. The smallest absolute Gasteiger partial charge is 0.316 e. The lowest BCUT2D eigenvalue weighted by molar-refractivity contribution is -0.145. The first-order chi connectivity index (χ1) is 14.2. The van der Waals surface area contributed by atoms with Crippen LogP contribution in [0.4, 0.5) is 0 Å². The van der Waals surface area contributed by atoms with Gasteiger partial charge in [-0.2, -0.15) is 0 Å². The predicted molar refractivity (Wildman–Crippen MR) is 115 cm³/mol. The first-order valence-corrected chi connectivity index (χ1v) is 10.3. The summed E-state index contributed by atoms with van der Waals surface area (Å²) >= 11 is 1.39. The first kappa shape index (κ1) is 20.7. The second-order valence-electron chi connectivity index (χ2n) is 6.37. The Morgan fingerprint density at radius 2 is 1.72 bits per heavy atom. The molecule has 0 aliphatic rings. The van der Waals surface area contributed by atoms with Gasteiger partial charge in [0.25, 0.3) is 5.91 Å². The maximum absolute atomic E-state index is 11.9. The number of carbonyl (C=O) groups is 2. The number of hydrogen-bond acceptors (Lipinski definition) is 5. The van der Waals surface area contributed by atoms with Crippen molar-refractivity contribution >= 4 is 34.4 Å². The van der Waals surface area contributed by atoms with Gasteiger partial charge in [-0.1, -0.05) is 48.5 Å². The Balaban J connectivity index is 1.36. The number of nitrogens with one attached hydrogen (secondary N) is 1. The van der Waals surface area contributed by atoms with Crippen molar-refractivity contribution in [2.75, 3.05) is 26.0 Å². The summed E-state index contributed by atoms with van der Waals surface area (Å²) in [6, 6.07) is 21.8. The zero-order valence-corrected chi connectivity index (χ0v) is 17.0. The van der Waals surface area contributed by atoms with Crippen molar-refractivity contribution in [3.8, 4) is 5.75 Å². The summed E-state index contributed by atoms with van der Waals surface area (Å²) in [5.74, 6) is 0.221. The Labute approximate surface area is 174 Å². The number of fused-ring (bicyclic) bond motifs is 1. The monoisotopic (exact) mass is 409 g/mol. The van der Waals surface area contributed by atoms with E-state index in [0.717, 1.165) is 27.0 Å². The fourth-order valence-electron chi connectivity index (χ4n) is 2.88. The molecular weight excluding hydrogens is 386 g/mol. The normalized spacial score (nSPS) is 10.5. The topological polar surface area (TPSA) is 64.6 Å². The molecule has 0 unspecified atom stereocenters. The Kier molecular flexibility index (Phi) is 7.53. The van der Waals surface area contributed by atoms with Crippen LogP contribution in [0.3, 0.4) is 0 Å². The molecule has 0 atom stereocenters. The molecule has 1 amide bonds. The molecule has 0 saturated heterocycles. The average Bonchev–Trinajstić information content (AvgIpc) is 2.76. The maximum atomic E-state index is 11.9. The highest BCUT2D eigenvalue weighted by Gasteiger charge is 2.09. The lowest BCUT2D eigenvalue weighted by Gasteiger charge is -2.09.